The van der Waals surface area contributed by atoms with Crippen molar-refractivity contribution in [3.63, 3.8) is 0 Å². The van der Waals surface area contributed by atoms with Crippen LogP contribution in [0.4, 0.5) is 4.39 Å². The number of esters is 1. The summed E-state index contributed by atoms with van der Waals surface area (Å²) in [7, 11) is 0. The summed E-state index contributed by atoms with van der Waals surface area (Å²) in [5.74, 6) is -0.948. The summed E-state index contributed by atoms with van der Waals surface area (Å²) in [6, 6.07) is 4.26. The molecule has 1 aromatic carbocycles. The molecule has 0 aliphatic heterocycles. The number of hydrogen-bond acceptors (Lipinski definition) is 4. The molecule has 112 valence electrons. The molecule has 0 aliphatic rings. The van der Waals surface area contributed by atoms with E-state index in [9.17, 15) is 9.18 Å². The zero-order valence-corrected chi connectivity index (χ0v) is 12.2. The average Bonchev–Trinajstić information content (AvgIpc) is 2.40. The summed E-state index contributed by atoms with van der Waals surface area (Å²) in [5.41, 5.74) is 6.37. The number of halogens is 1. The first kappa shape index (κ1) is 16.4. The van der Waals surface area contributed by atoms with Crippen molar-refractivity contribution < 1.29 is 18.7 Å². The molecule has 1 aromatic rings. The van der Waals surface area contributed by atoms with Crippen LogP contribution in [0, 0.1) is 5.82 Å². The lowest BCUT2D eigenvalue weighted by atomic mass is 10.1. The van der Waals surface area contributed by atoms with Crippen molar-refractivity contribution in [3.8, 4) is 5.75 Å². The minimum Gasteiger partial charge on any atom is -0.476 e. The van der Waals surface area contributed by atoms with E-state index in [0.29, 0.717) is 12.0 Å². The van der Waals surface area contributed by atoms with Gasteiger partial charge in [0.15, 0.2) is 17.7 Å². The van der Waals surface area contributed by atoms with Gasteiger partial charge in [-0.3, -0.25) is 0 Å². The molecule has 1 rings (SSSR count). The van der Waals surface area contributed by atoms with E-state index in [0.717, 1.165) is 6.42 Å². The number of hydrogen-bond donors (Lipinski definition) is 1. The van der Waals surface area contributed by atoms with Crippen LogP contribution in [0.3, 0.4) is 0 Å². The van der Waals surface area contributed by atoms with Gasteiger partial charge < -0.3 is 15.2 Å². The molecule has 0 bridgehead atoms. The van der Waals surface area contributed by atoms with E-state index in [1.54, 1.807) is 19.9 Å². The Morgan fingerprint density at radius 3 is 2.60 bits per heavy atom. The zero-order chi connectivity index (χ0) is 15.1. The Hall–Kier alpha value is -1.62. The lowest BCUT2D eigenvalue weighted by molar-refractivity contribution is -0.151. The minimum atomic E-state index is -0.782. The van der Waals surface area contributed by atoms with Crippen LogP contribution < -0.4 is 10.5 Å². The predicted molar refractivity (Wildman–Crippen MR) is 75.0 cm³/mol. The Bertz CT molecular complexity index is 449. The molecule has 4 nitrogen and oxygen atoms in total. The maximum Gasteiger partial charge on any atom is 0.347 e. The summed E-state index contributed by atoms with van der Waals surface area (Å²) in [4.78, 5) is 11.7. The second kappa shape index (κ2) is 7.85. The Labute approximate surface area is 119 Å². The van der Waals surface area contributed by atoms with Crippen LogP contribution in [0.15, 0.2) is 18.2 Å². The van der Waals surface area contributed by atoms with E-state index >= 15 is 0 Å². The fraction of sp³-hybridized carbons (Fsp3) is 0.533. The number of rotatable bonds is 7. The molecule has 5 heteroatoms. The number of carbonyl (C=O) groups excluding carboxylic acids is 1. The van der Waals surface area contributed by atoms with Crippen LogP contribution in [0.1, 0.15) is 45.2 Å². The second-order valence-corrected chi connectivity index (χ2v) is 4.63. The van der Waals surface area contributed by atoms with Crippen molar-refractivity contribution in [1.82, 2.24) is 0 Å². The minimum absolute atomic E-state index is 0.0425. The van der Waals surface area contributed by atoms with Gasteiger partial charge >= 0.3 is 5.97 Å². The van der Waals surface area contributed by atoms with E-state index in [1.807, 2.05) is 6.92 Å². The van der Waals surface area contributed by atoms with E-state index < -0.39 is 17.9 Å². The van der Waals surface area contributed by atoms with Crippen molar-refractivity contribution >= 4 is 5.97 Å². The highest BCUT2D eigenvalue weighted by molar-refractivity contribution is 5.75. The standard InChI is InChI=1S/C15H22FNO3/c1-4-6-14(15(18)19-5-2)20-13-8-7-11(10(3)17)9-12(13)16/h7-10,14H,4-6,17H2,1-3H3. The number of ether oxygens (including phenoxy) is 2. The molecular formula is C15H22FNO3. The molecular weight excluding hydrogens is 261 g/mol. The van der Waals surface area contributed by atoms with Gasteiger partial charge in [0.2, 0.25) is 0 Å². The first-order valence-corrected chi connectivity index (χ1v) is 6.87. The lowest BCUT2D eigenvalue weighted by Crippen LogP contribution is -2.29. The van der Waals surface area contributed by atoms with Gasteiger partial charge in [0.05, 0.1) is 6.61 Å². The predicted octanol–water partition coefficient (Wildman–Crippen LogP) is 2.96. The van der Waals surface area contributed by atoms with Crippen molar-refractivity contribution in [2.24, 2.45) is 5.73 Å². The van der Waals surface area contributed by atoms with Crippen LogP contribution in [0.5, 0.6) is 5.75 Å². The molecule has 2 unspecified atom stereocenters. The first-order chi connectivity index (χ1) is 9.49. The largest absolute Gasteiger partial charge is 0.476 e. The summed E-state index contributed by atoms with van der Waals surface area (Å²) in [6.45, 7) is 5.69. The van der Waals surface area contributed by atoms with Gasteiger partial charge in [0.25, 0.3) is 0 Å². The highest BCUT2D eigenvalue weighted by Gasteiger charge is 2.22. The molecule has 0 aromatic heterocycles. The van der Waals surface area contributed by atoms with E-state index in [2.05, 4.69) is 0 Å². The highest BCUT2D eigenvalue weighted by Crippen LogP contribution is 2.23. The number of nitrogens with two attached hydrogens (primary N) is 1. The van der Waals surface area contributed by atoms with Crippen molar-refractivity contribution in [2.45, 2.75) is 45.8 Å². The lowest BCUT2D eigenvalue weighted by Gasteiger charge is -2.18. The van der Waals surface area contributed by atoms with Gasteiger partial charge in [0.1, 0.15) is 0 Å². The smallest absolute Gasteiger partial charge is 0.347 e. The van der Waals surface area contributed by atoms with Crippen LogP contribution >= 0.6 is 0 Å². The molecule has 0 radical (unpaired) electrons. The molecule has 2 atom stereocenters. The Balaban J connectivity index is 2.85. The van der Waals surface area contributed by atoms with Gasteiger partial charge in [-0.1, -0.05) is 19.4 Å². The summed E-state index contributed by atoms with van der Waals surface area (Å²) in [6.07, 6.45) is 0.437. The number of carbonyl (C=O) groups is 1. The van der Waals surface area contributed by atoms with E-state index in [-0.39, 0.29) is 18.4 Å². The van der Waals surface area contributed by atoms with Gasteiger partial charge in [-0.25, -0.2) is 9.18 Å². The monoisotopic (exact) mass is 283 g/mol. The van der Waals surface area contributed by atoms with Crippen LogP contribution in [-0.2, 0) is 9.53 Å². The van der Waals surface area contributed by atoms with Crippen LogP contribution in [0.25, 0.3) is 0 Å². The Morgan fingerprint density at radius 1 is 1.40 bits per heavy atom. The molecule has 0 saturated heterocycles. The van der Waals surface area contributed by atoms with Crippen molar-refractivity contribution in [3.05, 3.63) is 29.6 Å². The van der Waals surface area contributed by atoms with Gasteiger partial charge in [0, 0.05) is 6.04 Å². The first-order valence-electron chi connectivity index (χ1n) is 6.87. The summed E-state index contributed by atoms with van der Waals surface area (Å²) >= 11 is 0. The maximum atomic E-state index is 13.9. The van der Waals surface area contributed by atoms with Crippen LogP contribution in [-0.4, -0.2) is 18.7 Å². The van der Waals surface area contributed by atoms with E-state index in [4.69, 9.17) is 15.2 Å². The zero-order valence-electron chi connectivity index (χ0n) is 12.2. The third kappa shape index (κ3) is 4.49. The third-order valence-electron chi connectivity index (χ3n) is 2.85. The number of benzene rings is 1. The maximum absolute atomic E-state index is 13.9. The molecule has 0 fully saturated rings. The van der Waals surface area contributed by atoms with Gasteiger partial charge in [-0.05, 0) is 38.0 Å². The fourth-order valence-electron chi connectivity index (χ4n) is 1.77. The van der Waals surface area contributed by atoms with Gasteiger partial charge in [-0.15, -0.1) is 0 Å². The molecule has 0 aliphatic carbocycles. The molecule has 20 heavy (non-hydrogen) atoms. The molecule has 0 heterocycles. The highest BCUT2D eigenvalue weighted by atomic mass is 19.1. The van der Waals surface area contributed by atoms with Crippen molar-refractivity contribution in [2.75, 3.05) is 6.61 Å². The normalized spacial score (nSPS) is 13.7. The molecule has 0 saturated carbocycles. The molecule has 2 N–H and O–H groups in total. The van der Waals surface area contributed by atoms with Crippen LogP contribution in [0.2, 0.25) is 0 Å². The van der Waals surface area contributed by atoms with Crippen molar-refractivity contribution in [1.29, 1.82) is 0 Å². The summed E-state index contributed by atoms with van der Waals surface area (Å²) in [5, 5.41) is 0. The fourth-order valence-corrected chi connectivity index (χ4v) is 1.77. The summed E-state index contributed by atoms with van der Waals surface area (Å²) < 4.78 is 24.3. The van der Waals surface area contributed by atoms with E-state index in [1.165, 1.54) is 12.1 Å². The Morgan fingerprint density at radius 2 is 2.10 bits per heavy atom. The third-order valence-corrected chi connectivity index (χ3v) is 2.85. The van der Waals surface area contributed by atoms with Gasteiger partial charge in [-0.2, -0.15) is 0 Å². The average molecular weight is 283 g/mol. The topological polar surface area (TPSA) is 61.5 Å². The molecule has 0 amide bonds. The quantitative estimate of drug-likeness (QED) is 0.781. The second-order valence-electron chi connectivity index (χ2n) is 4.63. The Kier molecular flexibility index (Phi) is 6.45. The SMILES string of the molecule is CCCC(Oc1ccc(C(C)N)cc1F)C(=O)OCC. The molecule has 0 spiro atoms.